The lowest BCUT2D eigenvalue weighted by molar-refractivity contribution is -0.00561. The third-order valence-electron chi connectivity index (χ3n) is 7.82. The molecule has 2 fully saturated rings. The Morgan fingerprint density at radius 2 is 1.92 bits per heavy atom. The normalized spacial score (nSPS) is 17.5. The number of anilines is 1. The molecule has 0 atom stereocenters. The van der Waals surface area contributed by atoms with Gasteiger partial charge in [0, 0.05) is 67.0 Å². The van der Waals surface area contributed by atoms with Gasteiger partial charge in [0.15, 0.2) is 0 Å². The quantitative estimate of drug-likeness (QED) is 0.390. The van der Waals surface area contributed by atoms with Gasteiger partial charge in [-0.3, -0.25) is 0 Å². The highest BCUT2D eigenvalue weighted by Gasteiger charge is 2.45. The summed E-state index contributed by atoms with van der Waals surface area (Å²) >= 11 is 0. The predicted molar refractivity (Wildman–Crippen MR) is 163 cm³/mol. The maximum Gasteiger partial charge on any atom is 0.241 e. The Labute approximate surface area is 235 Å². The molecule has 3 aromatic rings. The van der Waals surface area contributed by atoms with Crippen molar-refractivity contribution in [1.29, 1.82) is 0 Å². The van der Waals surface area contributed by atoms with E-state index in [-0.39, 0.29) is 0 Å². The van der Waals surface area contributed by atoms with Crippen molar-refractivity contribution in [2.45, 2.75) is 78.1 Å². The number of nitrogens with zero attached hydrogens (tertiary/aromatic N) is 6. The van der Waals surface area contributed by atoms with E-state index in [0.29, 0.717) is 23.8 Å². The van der Waals surface area contributed by atoms with E-state index in [1.165, 1.54) is 18.5 Å². The molecule has 1 spiro atoms. The first-order chi connectivity index (χ1) is 18.6. The van der Waals surface area contributed by atoms with Crippen LogP contribution in [0, 0.1) is 5.41 Å². The van der Waals surface area contributed by atoms with Crippen molar-refractivity contribution in [2.75, 3.05) is 18.4 Å². The van der Waals surface area contributed by atoms with E-state index in [1.54, 1.807) is 6.20 Å². The summed E-state index contributed by atoms with van der Waals surface area (Å²) in [6.07, 6.45) is 11.0. The molecule has 1 saturated carbocycles. The van der Waals surface area contributed by atoms with Crippen LogP contribution in [0.2, 0.25) is 5.31 Å². The first-order valence-electron chi connectivity index (χ1n) is 14.2. The highest BCUT2D eigenvalue weighted by molar-refractivity contribution is 6.14. The lowest BCUT2D eigenvalue weighted by Gasteiger charge is -2.54. The second-order valence-corrected chi connectivity index (χ2v) is 11.8. The standard InChI is InChI=1S/C29H38BN7.C2H6/c1-7-31-25-9-8-21(17-35(25)6)23-12-15-37-26(23)24(16-28(4,5)30)33-27(34-37)32-22-10-13-29(14-11-22)18-36(19-29)20(2)3;1-2/h7-9,12,15,17,22H,1-2,10-11,13-14,16,18-19H2,3-6H3,(H,32,34);1-2H3. The van der Waals surface area contributed by atoms with Gasteiger partial charge in [-0.1, -0.05) is 46.2 Å². The highest BCUT2D eigenvalue weighted by Crippen LogP contribution is 2.45. The Hall–Kier alpha value is -3.29. The van der Waals surface area contributed by atoms with Gasteiger partial charge in [0.25, 0.3) is 0 Å². The lowest BCUT2D eigenvalue weighted by Crippen LogP contribution is -2.57. The molecule has 39 heavy (non-hydrogen) atoms. The average molecular weight is 526 g/mol. The zero-order chi connectivity index (χ0) is 28.4. The van der Waals surface area contributed by atoms with Gasteiger partial charge in [0.1, 0.15) is 5.49 Å². The number of aromatic nitrogens is 4. The molecule has 2 radical (unpaired) electrons. The second kappa shape index (κ2) is 11.4. The van der Waals surface area contributed by atoms with Gasteiger partial charge in [0.05, 0.1) is 19.1 Å². The maximum absolute atomic E-state index is 6.49. The molecule has 5 rings (SSSR count). The van der Waals surface area contributed by atoms with Gasteiger partial charge in [-0.25, -0.2) is 14.5 Å². The number of hydrogen-bond acceptors (Lipinski definition) is 5. The summed E-state index contributed by atoms with van der Waals surface area (Å²) in [5.41, 5.74) is 6.61. The van der Waals surface area contributed by atoms with Crippen molar-refractivity contribution < 1.29 is 0 Å². The molecule has 1 aliphatic carbocycles. The first-order valence-corrected chi connectivity index (χ1v) is 14.2. The lowest BCUT2D eigenvalue weighted by atomic mass is 9.67. The molecule has 4 heterocycles. The fourth-order valence-electron chi connectivity index (χ4n) is 5.84. The molecule has 7 nitrogen and oxygen atoms in total. The summed E-state index contributed by atoms with van der Waals surface area (Å²) in [6.45, 7) is 20.3. The van der Waals surface area contributed by atoms with Crippen LogP contribution < -0.4 is 10.8 Å². The van der Waals surface area contributed by atoms with Crippen LogP contribution in [0.5, 0.6) is 0 Å². The van der Waals surface area contributed by atoms with Gasteiger partial charge in [0.2, 0.25) is 5.95 Å². The Morgan fingerprint density at radius 3 is 2.51 bits per heavy atom. The van der Waals surface area contributed by atoms with Crippen LogP contribution in [0.3, 0.4) is 0 Å². The summed E-state index contributed by atoms with van der Waals surface area (Å²) < 4.78 is 3.95. The van der Waals surface area contributed by atoms with Crippen LogP contribution in [-0.4, -0.2) is 51.0 Å². The fourth-order valence-corrected chi connectivity index (χ4v) is 5.84. The molecule has 1 aliphatic heterocycles. The third kappa shape index (κ3) is 6.31. The largest absolute Gasteiger partial charge is 0.374 e. The van der Waals surface area contributed by atoms with E-state index in [0.717, 1.165) is 53.8 Å². The number of pyridine rings is 1. The Balaban J connectivity index is 0.00000172. The SMILES string of the molecule is CC.[B]C(C)(C)Cc1nc(NC2CCC3(CC2)CN(C(=C)C)C3)nn2ccc(-c3ccc(=NC=C)n(C)c3)c12. The van der Waals surface area contributed by atoms with Crippen LogP contribution >= 0.6 is 0 Å². The van der Waals surface area contributed by atoms with Crippen LogP contribution in [0.1, 0.15) is 66.0 Å². The molecule has 1 saturated heterocycles. The van der Waals surface area contributed by atoms with Crippen molar-refractivity contribution in [2.24, 2.45) is 17.5 Å². The molecule has 0 bridgehead atoms. The van der Waals surface area contributed by atoms with Crippen molar-refractivity contribution in [3.8, 4) is 11.1 Å². The van der Waals surface area contributed by atoms with Crippen molar-refractivity contribution in [3.05, 3.63) is 66.8 Å². The Morgan fingerprint density at radius 1 is 1.23 bits per heavy atom. The van der Waals surface area contributed by atoms with E-state index < -0.39 is 5.31 Å². The highest BCUT2D eigenvalue weighted by atomic mass is 15.3. The number of rotatable bonds is 7. The molecule has 0 aromatic carbocycles. The van der Waals surface area contributed by atoms with Crippen molar-refractivity contribution >= 4 is 19.3 Å². The van der Waals surface area contributed by atoms with E-state index in [9.17, 15) is 0 Å². The van der Waals surface area contributed by atoms with Crippen molar-refractivity contribution in [3.63, 3.8) is 0 Å². The maximum atomic E-state index is 6.49. The van der Waals surface area contributed by atoms with E-state index in [4.69, 9.17) is 17.9 Å². The molecule has 206 valence electrons. The zero-order valence-electron chi connectivity index (χ0n) is 24.7. The molecular weight excluding hydrogens is 481 g/mol. The van der Waals surface area contributed by atoms with Gasteiger partial charge in [-0.15, -0.1) is 5.10 Å². The molecule has 1 N–H and O–H groups in total. The molecular formula is C31H44BN7. The van der Waals surface area contributed by atoms with E-state index in [1.807, 2.05) is 56.1 Å². The summed E-state index contributed by atoms with van der Waals surface area (Å²) in [6, 6.07) is 6.57. The van der Waals surface area contributed by atoms with Gasteiger partial charge in [-0.05, 0) is 57.2 Å². The van der Waals surface area contributed by atoms with E-state index in [2.05, 4.69) is 53.6 Å². The fraction of sp³-hybridized carbons (Fsp3) is 0.516. The summed E-state index contributed by atoms with van der Waals surface area (Å²) in [5, 5.41) is 8.13. The molecule has 0 amide bonds. The monoisotopic (exact) mass is 525 g/mol. The zero-order valence-corrected chi connectivity index (χ0v) is 24.7. The van der Waals surface area contributed by atoms with Gasteiger partial charge >= 0.3 is 0 Å². The van der Waals surface area contributed by atoms with Crippen LogP contribution in [-0.2, 0) is 13.5 Å². The molecule has 3 aromatic heterocycles. The number of likely N-dealkylation sites (tertiary alicyclic amines) is 1. The third-order valence-corrected chi connectivity index (χ3v) is 7.82. The number of nitrogens with one attached hydrogen (secondary N) is 1. The van der Waals surface area contributed by atoms with Crippen LogP contribution in [0.15, 0.2) is 60.6 Å². The molecule has 8 heteroatoms. The minimum absolute atomic E-state index is 0.385. The Kier molecular flexibility index (Phi) is 8.43. The molecule has 0 unspecified atom stereocenters. The minimum Gasteiger partial charge on any atom is -0.374 e. The summed E-state index contributed by atoms with van der Waals surface area (Å²) in [4.78, 5) is 11.8. The second-order valence-electron chi connectivity index (χ2n) is 11.8. The van der Waals surface area contributed by atoms with Crippen molar-refractivity contribution in [1.82, 2.24) is 24.1 Å². The average Bonchev–Trinajstić information content (AvgIpc) is 3.29. The minimum atomic E-state index is -0.401. The van der Waals surface area contributed by atoms with E-state index >= 15 is 0 Å². The summed E-state index contributed by atoms with van der Waals surface area (Å²) in [5.74, 6) is 0.678. The van der Waals surface area contributed by atoms with Crippen LogP contribution in [0.4, 0.5) is 5.95 Å². The number of hydrogen-bond donors (Lipinski definition) is 1. The number of fused-ring (bicyclic) bond motifs is 1. The predicted octanol–water partition coefficient (Wildman–Crippen LogP) is 5.90. The molecule has 2 aliphatic rings. The number of aryl methyl sites for hydroxylation is 1. The topological polar surface area (TPSA) is 62.8 Å². The van der Waals surface area contributed by atoms with Crippen LogP contribution in [0.25, 0.3) is 16.6 Å². The summed E-state index contributed by atoms with van der Waals surface area (Å²) in [7, 11) is 8.47. The first kappa shape index (κ1) is 28.7. The smallest absolute Gasteiger partial charge is 0.241 e. The van der Waals surface area contributed by atoms with Gasteiger partial charge < -0.3 is 14.8 Å². The number of allylic oxidation sites excluding steroid dienone is 1. The van der Waals surface area contributed by atoms with Gasteiger partial charge in [-0.2, -0.15) is 0 Å². The Bertz CT molecular complexity index is 1390.